The van der Waals surface area contributed by atoms with Gasteiger partial charge in [0.1, 0.15) is 0 Å². The molecule has 2 nitrogen and oxygen atoms in total. The summed E-state index contributed by atoms with van der Waals surface area (Å²) in [7, 11) is 0. The third-order valence-electron chi connectivity index (χ3n) is 2.47. The summed E-state index contributed by atoms with van der Waals surface area (Å²) in [6, 6.07) is -4.59. The van der Waals surface area contributed by atoms with E-state index in [9.17, 15) is 35.1 Å². The minimum Gasteiger partial charge on any atom is -0.236 e. The molecule has 0 atom stereocenters. The van der Waals surface area contributed by atoms with Gasteiger partial charge in [-0.1, -0.05) is 0 Å². The average Bonchev–Trinajstić information content (AvgIpc) is 2.26. The Kier molecular flexibility index (Phi) is 4.21. The van der Waals surface area contributed by atoms with Crippen LogP contribution in [-0.4, -0.2) is 48.3 Å². The van der Waals surface area contributed by atoms with E-state index in [1.165, 1.54) is 0 Å². The molecule has 0 bridgehead atoms. The van der Waals surface area contributed by atoms with Gasteiger partial charge in [-0.05, 0) is 0 Å². The number of hydrogen-bond donors (Lipinski definition) is 0. The number of nitrogens with zero attached hydrogens (tertiary/aromatic N) is 2. The lowest BCUT2D eigenvalue weighted by atomic mass is 10.3. The molecule has 0 amide bonds. The molecule has 1 aliphatic heterocycles. The number of rotatable bonds is 2. The molecular formula is C8H8F8N2. The van der Waals surface area contributed by atoms with E-state index in [-0.39, 0.29) is 9.80 Å². The van der Waals surface area contributed by atoms with Crippen molar-refractivity contribution in [3.63, 3.8) is 0 Å². The second-order valence-corrected chi connectivity index (χ2v) is 3.56. The molecule has 10 heteroatoms. The van der Waals surface area contributed by atoms with Crippen LogP contribution >= 0.6 is 0 Å². The van der Waals surface area contributed by atoms with Crippen LogP contribution < -0.4 is 0 Å². The van der Waals surface area contributed by atoms with Crippen LogP contribution in [0.25, 0.3) is 0 Å². The van der Waals surface area contributed by atoms with Crippen molar-refractivity contribution in [1.82, 2.24) is 9.80 Å². The van der Waals surface area contributed by atoms with E-state index >= 15 is 0 Å². The molecule has 106 valence electrons. The maximum atomic E-state index is 13.1. The van der Waals surface area contributed by atoms with E-state index in [1.54, 1.807) is 0 Å². The van der Waals surface area contributed by atoms with Crippen molar-refractivity contribution in [3.05, 3.63) is 11.9 Å². The number of halogens is 8. The zero-order valence-electron chi connectivity index (χ0n) is 8.75. The lowest BCUT2D eigenvalue weighted by Gasteiger charge is -2.38. The number of hydrogen-bond acceptors (Lipinski definition) is 2. The highest BCUT2D eigenvalue weighted by Gasteiger charge is 2.48. The molecule has 1 saturated heterocycles. The predicted molar refractivity (Wildman–Crippen MR) is 44.5 cm³/mol. The van der Waals surface area contributed by atoms with Crippen molar-refractivity contribution >= 4 is 0 Å². The normalized spacial score (nSPS) is 20.0. The van der Waals surface area contributed by atoms with Crippen LogP contribution in [0.5, 0.6) is 0 Å². The van der Waals surface area contributed by atoms with Crippen molar-refractivity contribution in [2.24, 2.45) is 0 Å². The quantitative estimate of drug-likeness (QED) is 0.568. The summed E-state index contributed by atoms with van der Waals surface area (Å²) >= 11 is 0. The molecule has 1 aliphatic rings. The van der Waals surface area contributed by atoms with Crippen LogP contribution in [0, 0.1) is 0 Å². The monoisotopic (exact) mass is 284 g/mol. The van der Waals surface area contributed by atoms with E-state index < -0.39 is 50.4 Å². The third-order valence-corrected chi connectivity index (χ3v) is 2.47. The Balaban J connectivity index is 2.72. The molecule has 1 heterocycles. The fourth-order valence-electron chi connectivity index (χ4n) is 1.49. The van der Waals surface area contributed by atoms with Gasteiger partial charge in [0.05, 0.1) is 0 Å². The van der Waals surface area contributed by atoms with Crippen LogP contribution in [0.4, 0.5) is 35.1 Å². The molecule has 0 aromatic carbocycles. The molecule has 0 radical (unpaired) electrons. The van der Waals surface area contributed by atoms with Crippen LogP contribution in [0.2, 0.25) is 0 Å². The van der Waals surface area contributed by atoms with Crippen molar-refractivity contribution < 1.29 is 35.1 Å². The molecular weight excluding hydrogens is 276 g/mol. The van der Waals surface area contributed by atoms with Gasteiger partial charge in [-0.2, -0.15) is 35.1 Å². The highest BCUT2D eigenvalue weighted by Crippen LogP contribution is 2.34. The summed E-state index contributed by atoms with van der Waals surface area (Å²) in [5, 5.41) is 0. The molecule has 0 aromatic rings. The molecule has 0 aliphatic carbocycles. The first-order chi connectivity index (χ1) is 8.06. The maximum Gasteiger partial charge on any atom is 0.460 e. The van der Waals surface area contributed by atoms with Gasteiger partial charge in [0.2, 0.25) is 5.83 Å². The Morgan fingerprint density at radius 1 is 0.722 bits per heavy atom. The number of alkyl halides is 5. The Morgan fingerprint density at radius 3 is 1.44 bits per heavy atom. The smallest absolute Gasteiger partial charge is 0.236 e. The summed E-state index contributed by atoms with van der Waals surface area (Å²) in [6.07, 6.45) is -7.86. The molecule has 0 unspecified atom stereocenters. The first-order valence-corrected chi connectivity index (χ1v) is 4.72. The summed E-state index contributed by atoms with van der Waals surface area (Å²) < 4.78 is 98.7. The van der Waals surface area contributed by atoms with E-state index in [1.807, 2.05) is 0 Å². The SMILES string of the molecule is FC(F)=C(F)C(F)(F)N1CCN(C(F)(F)F)CC1. The van der Waals surface area contributed by atoms with Crippen LogP contribution in [0.3, 0.4) is 0 Å². The van der Waals surface area contributed by atoms with Crippen LogP contribution in [0.15, 0.2) is 11.9 Å². The molecule has 0 N–H and O–H groups in total. The van der Waals surface area contributed by atoms with Crippen molar-refractivity contribution in [2.45, 2.75) is 12.3 Å². The summed E-state index contributed by atoms with van der Waals surface area (Å²) in [4.78, 5) is -0.100. The lowest BCUT2D eigenvalue weighted by molar-refractivity contribution is -0.262. The van der Waals surface area contributed by atoms with Gasteiger partial charge in [-0.25, -0.2) is 9.80 Å². The first kappa shape index (κ1) is 15.2. The Hall–Kier alpha value is -0.900. The maximum absolute atomic E-state index is 13.1. The highest BCUT2D eigenvalue weighted by atomic mass is 19.4. The van der Waals surface area contributed by atoms with Gasteiger partial charge in [0.25, 0.3) is 0 Å². The van der Waals surface area contributed by atoms with E-state index in [0.717, 1.165) is 0 Å². The first-order valence-electron chi connectivity index (χ1n) is 4.72. The summed E-state index contributed by atoms with van der Waals surface area (Å²) in [5.41, 5.74) is 0. The van der Waals surface area contributed by atoms with Crippen LogP contribution in [-0.2, 0) is 0 Å². The number of piperazine rings is 1. The van der Waals surface area contributed by atoms with E-state index in [0.29, 0.717) is 0 Å². The minimum atomic E-state index is -4.68. The predicted octanol–water partition coefficient (Wildman–Crippen LogP) is 2.79. The summed E-state index contributed by atoms with van der Waals surface area (Å²) in [6.45, 7) is -3.40. The molecule has 0 aromatic heterocycles. The Bertz CT molecular complexity index is 324. The highest BCUT2D eigenvalue weighted by molar-refractivity contribution is 5.04. The Labute approximate surface area is 96.4 Å². The van der Waals surface area contributed by atoms with E-state index in [4.69, 9.17) is 0 Å². The van der Waals surface area contributed by atoms with Crippen LogP contribution in [0.1, 0.15) is 0 Å². The second-order valence-electron chi connectivity index (χ2n) is 3.56. The lowest BCUT2D eigenvalue weighted by Crippen LogP contribution is -2.56. The minimum absolute atomic E-state index is 0.0486. The van der Waals surface area contributed by atoms with E-state index in [2.05, 4.69) is 0 Å². The van der Waals surface area contributed by atoms with Gasteiger partial charge < -0.3 is 0 Å². The standard InChI is InChI=1S/C8H8F8N2/c9-5(6(10)11)7(12,13)17-1-3-18(4-2-17)8(14,15)16/h1-4H2. The van der Waals surface area contributed by atoms with Gasteiger partial charge in [0.15, 0.2) is 0 Å². The van der Waals surface area contributed by atoms with Gasteiger partial charge in [-0.15, -0.1) is 0 Å². The second kappa shape index (κ2) is 5.00. The zero-order valence-corrected chi connectivity index (χ0v) is 8.75. The Morgan fingerprint density at radius 2 is 1.11 bits per heavy atom. The largest absolute Gasteiger partial charge is 0.460 e. The zero-order chi connectivity index (χ0) is 14.1. The van der Waals surface area contributed by atoms with Gasteiger partial charge in [-0.3, -0.25) is 0 Å². The molecule has 0 spiro atoms. The molecule has 0 saturated carbocycles. The molecule has 18 heavy (non-hydrogen) atoms. The van der Waals surface area contributed by atoms with Gasteiger partial charge in [0, 0.05) is 26.2 Å². The van der Waals surface area contributed by atoms with Crippen molar-refractivity contribution in [2.75, 3.05) is 26.2 Å². The van der Waals surface area contributed by atoms with Crippen molar-refractivity contribution in [3.8, 4) is 0 Å². The molecule has 1 fully saturated rings. The topological polar surface area (TPSA) is 6.48 Å². The fourth-order valence-corrected chi connectivity index (χ4v) is 1.49. The average molecular weight is 284 g/mol. The van der Waals surface area contributed by atoms with Crippen molar-refractivity contribution in [1.29, 1.82) is 0 Å². The van der Waals surface area contributed by atoms with Gasteiger partial charge >= 0.3 is 18.4 Å². The fraction of sp³-hybridized carbons (Fsp3) is 0.750. The third kappa shape index (κ3) is 3.10. The molecule has 1 rings (SSSR count). The summed E-state index contributed by atoms with van der Waals surface area (Å²) in [5.74, 6) is -2.93.